The summed E-state index contributed by atoms with van der Waals surface area (Å²) in [5, 5.41) is 4.69. The molecule has 0 aliphatic rings. The summed E-state index contributed by atoms with van der Waals surface area (Å²) in [7, 11) is 4.46. The summed E-state index contributed by atoms with van der Waals surface area (Å²) < 4.78 is 15.2. The van der Waals surface area contributed by atoms with Gasteiger partial charge in [0.25, 0.3) is 0 Å². The number of hydrogen-bond donors (Lipinski definition) is 1. The smallest absolute Gasteiger partial charge is 0.330 e. The summed E-state index contributed by atoms with van der Waals surface area (Å²) >= 11 is 0. The Morgan fingerprint density at radius 3 is 2.33 bits per heavy atom. The van der Waals surface area contributed by atoms with Gasteiger partial charge in [-0.05, 0) is 41.3 Å². The first-order chi connectivity index (χ1) is 14.5. The largest absolute Gasteiger partial charge is 0.493 e. The number of hydrogen-bond acceptors (Lipinski definition) is 6. The van der Waals surface area contributed by atoms with Crippen LogP contribution >= 0.6 is 0 Å². The van der Waals surface area contributed by atoms with Crippen LogP contribution in [0.3, 0.4) is 0 Å². The molecule has 0 saturated carbocycles. The molecule has 0 radical (unpaired) electrons. The first-order valence-corrected chi connectivity index (χ1v) is 9.19. The first-order valence-electron chi connectivity index (χ1n) is 9.19. The Bertz CT molecular complexity index is 1090. The highest BCUT2D eigenvalue weighted by Gasteiger charge is 2.10. The van der Waals surface area contributed by atoms with Crippen LogP contribution in [0, 0.1) is 0 Å². The number of carbonyl (C=O) groups is 2. The summed E-state index contributed by atoms with van der Waals surface area (Å²) in [6.45, 7) is 0. The van der Waals surface area contributed by atoms with E-state index < -0.39 is 11.9 Å². The molecule has 1 aromatic heterocycles. The average Bonchev–Trinajstić information content (AvgIpc) is 2.78. The highest BCUT2D eigenvalue weighted by Crippen LogP contribution is 2.33. The fourth-order valence-electron chi connectivity index (χ4n) is 3.00. The molecule has 0 spiro atoms. The number of pyridine rings is 1. The van der Waals surface area contributed by atoms with Gasteiger partial charge < -0.3 is 19.5 Å². The molecule has 3 aromatic rings. The number of nitrogens with one attached hydrogen (secondary N) is 1. The van der Waals surface area contributed by atoms with Crippen LogP contribution in [0.2, 0.25) is 0 Å². The van der Waals surface area contributed by atoms with Crippen LogP contribution < -0.4 is 14.8 Å². The van der Waals surface area contributed by atoms with Gasteiger partial charge in [0.15, 0.2) is 11.5 Å². The number of anilines is 1. The lowest BCUT2D eigenvalue weighted by Gasteiger charge is -2.12. The average molecular weight is 406 g/mol. The Morgan fingerprint density at radius 1 is 0.967 bits per heavy atom. The number of fused-ring (bicyclic) bond motifs is 1. The maximum atomic E-state index is 11.8. The SMILES string of the molecule is COC(=O)/C=C/C(=O)Nc1ccc(Cc2nccc3cc(OC)c(OC)cc23)cc1. The number of ether oxygens (including phenoxy) is 3. The van der Waals surface area contributed by atoms with Crippen LogP contribution in [-0.4, -0.2) is 38.2 Å². The second-order valence-electron chi connectivity index (χ2n) is 6.41. The van der Waals surface area contributed by atoms with E-state index in [0.717, 1.165) is 34.2 Å². The Hall–Kier alpha value is -3.87. The Labute approximate surface area is 174 Å². The number of esters is 1. The molecule has 1 heterocycles. The maximum absolute atomic E-state index is 11.8. The zero-order chi connectivity index (χ0) is 21.5. The van der Waals surface area contributed by atoms with Crippen LogP contribution in [-0.2, 0) is 20.7 Å². The maximum Gasteiger partial charge on any atom is 0.330 e. The number of benzene rings is 2. The number of amides is 1. The Kier molecular flexibility index (Phi) is 6.64. The van der Waals surface area contributed by atoms with Gasteiger partial charge >= 0.3 is 5.97 Å². The fraction of sp³-hybridized carbons (Fsp3) is 0.174. The predicted octanol–water partition coefficient (Wildman–Crippen LogP) is 3.51. The van der Waals surface area contributed by atoms with E-state index in [1.165, 1.54) is 7.11 Å². The highest BCUT2D eigenvalue weighted by atomic mass is 16.5. The summed E-state index contributed by atoms with van der Waals surface area (Å²) in [4.78, 5) is 27.4. The number of methoxy groups -OCH3 is 3. The van der Waals surface area contributed by atoms with Crippen molar-refractivity contribution in [1.29, 1.82) is 0 Å². The Balaban J connectivity index is 1.77. The highest BCUT2D eigenvalue weighted by molar-refractivity contribution is 6.02. The quantitative estimate of drug-likeness (QED) is 0.477. The minimum atomic E-state index is -0.586. The number of nitrogens with zero attached hydrogens (tertiary/aromatic N) is 1. The van der Waals surface area contributed by atoms with Gasteiger partial charge in [0.05, 0.1) is 27.0 Å². The minimum Gasteiger partial charge on any atom is -0.493 e. The first kappa shape index (κ1) is 20.9. The lowest BCUT2D eigenvalue weighted by molar-refractivity contribution is -0.135. The molecule has 0 unspecified atom stereocenters. The third-order valence-corrected chi connectivity index (χ3v) is 4.52. The number of carbonyl (C=O) groups excluding carboxylic acids is 2. The molecule has 1 N–H and O–H groups in total. The molecular weight excluding hydrogens is 384 g/mol. The monoisotopic (exact) mass is 406 g/mol. The van der Waals surface area contributed by atoms with Gasteiger partial charge in [0, 0.05) is 35.8 Å². The number of rotatable bonds is 7. The van der Waals surface area contributed by atoms with Crippen LogP contribution in [0.4, 0.5) is 5.69 Å². The summed E-state index contributed by atoms with van der Waals surface area (Å²) in [5.41, 5.74) is 2.56. The fourth-order valence-corrected chi connectivity index (χ4v) is 3.00. The van der Waals surface area contributed by atoms with Gasteiger partial charge in [-0.2, -0.15) is 0 Å². The van der Waals surface area contributed by atoms with Crippen molar-refractivity contribution < 1.29 is 23.8 Å². The molecule has 154 valence electrons. The molecular formula is C23H22N2O5. The standard InChI is InChI=1S/C23H22N2O5/c1-28-20-13-16-10-11-24-19(18(16)14-21(20)29-2)12-15-4-6-17(7-5-15)25-22(26)8-9-23(27)30-3/h4-11,13-14H,12H2,1-3H3,(H,25,26)/b9-8+. The third-order valence-electron chi connectivity index (χ3n) is 4.52. The van der Waals surface area contributed by atoms with Gasteiger partial charge in [0.1, 0.15) is 0 Å². The Morgan fingerprint density at radius 2 is 1.67 bits per heavy atom. The second kappa shape index (κ2) is 9.56. The minimum absolute atomic E-state index is 0.412. The van der Waals surface area contributed by atoms with Gasteiger partial charge in [-0.1, -0.05) is 12.1 Å². The van der Waals surface area contributed by atoms with Gasteiger partial charge in [0.2, 0.25) is 5.91 Å². The van der Waals surface area contributed by atoms with Crippen molar-refractivity contribution in [2.75, 3.05) is 26.6 Å². The van der Waals surface area contributed by atoms with Gasteiger partial charge in [-0.3, -0.25) is 9.78 Å². The molecule has 30 heavy (non-hydrogen) atoms. The van der Waals surface area contributed by atoms with Gasteiger partial charge in [-0.15, -0.1) is 0 Å². The van der Waals surface area contributed by atoms with Crippen LogP contribution in [0.25, 0.3) is 10.8 Å². The summed E-state index contributed by atoms with van der Waals surface area (Å²) in [5.74, 6) is 0.322. The molecule has 0 aliphatic carbocycles. The topological polar surface area (TPSA) is 86.8 Å². The molecule has 7 heteroatoms. The molecule has 2 aromatic carbocycles. The van der Waals surface area contributed by atoms with E-state index in [0.29, 0.717) is 23.6 Å². The zero-order valence-corrected chi connectivity index (χ0v) is 17.0. The molecule has 7 nitrogen and oxygen atoms in total. The lowest BCUT2D eigenvalue weighted by atomic mass is 10.0. The van der Waals surface area contributed by atoms with Crippen molar-refractivity contribution in [3.8, 4) is 11.5 Å². The third kappa shape index (κ3) is 4.94. The lowest BCUT2D eigenvalue weighted by Crippen LogP contribution is -2.09. The molecule has 0 aliphatic heterocycles. The molecule has 0 bridgehead atoms. The van der Waals surface area contributed by atoms with E-state index in [-0.39, 0.29) is 0 Å². The second-order valence-corrected chi connectivity index (χ2v) is 6.41. The molecule has 1 amide bonds. The molecule has 0 saturated heterocycles. The molecule has 3 rings (SSSR count). The van der Waals surface area contributed by atoms with Crippen LogP contribution in [0.5, 0.6) is 11.5 Å². The number of aromatic nitrogens is 1. The summed E-state index contributed by atoms with van der Waals surface area (Å²) in [6, 6.07) is 13.2. The van der Waals surface area contributed by atoms with E-state index in [2.05, 4.69) is 15.0 Å². The summed E-state index contributed by atoms with van der Waals surface area (Å²) in [6.07, 6.45) is 4.58. The van der Waals surface area contributed by atoms with Crippen LogP contribution in [0.15, 0.2) is 60.8 Å². The predicted molar refractivity (Wildman–Crippen MR) is 114 cm³/mol. The van der Waals surface area contributed by atoms with Crippen molar-refractivity contribution in [3.05, 3.63) is 72.1 Å². The van der Waals surface area contributed by atoms with E-state index in [1.54, 1.807) is 32.5 Å². The van der Waals surface area contributed by atoms with Gasteiger partial charge in [-0.25, -0.2) is 4.79 Å². The van der Waals surface area contributed by atoms with E-state index in [9.17, 15) is 9.59 Å². The van der Waals surface area contributed by atoms with Crippen molar-refractivity contribution in [2.24, 2.45) is 0 Å². The van der Waals surface area contributed by atoms with Crippen molar-refractivity contribution in [3.63, 3.8) is 0 Å². The van der Waals surface area contributed by atoms with Crippen molar-refractivity contribution >= 4 is 28.3 Å². The van der Waals surface area contributed by atoms with E-state index in [4.69, 9.17) is 9.47 Å². The molecule has 0 fully saturated rings. The van der Waals surface area contributed by atoms with Crippen molar-refractivity contribution in [2.45, 2.75) is 6.42 Å². The van der Waals surface area contributed by atoms with Crippen molar-refractivity contribution in [1.82, 2.24) is 4.98 Å². The molecule has 0 atom stereocenters. The normalized spacial score (nSPS) is 10.8. The zero-order valence-electron chi connectivity index (χ0n) is 17.0. The van der Waals surface area contributed by atoms with Crippen LogP contribution in [0.1, 0.15) is 11.3 Å². The van der Waals surface area contributed by atoms with E-state index in [1.807, 2.05) is 30.3 Å². The van der Waals surface area contributed by atoms with E-state index >= 15 is 0 Å².